The van der Waals surface area contributed by atoms with Gasteiger partial charge in [0.2, 0.25) is 5.91 Å². The molecule has 5 aromatic rings. The van der Waals surface area contributed by atoms with Gasteiger partial charge >= 0.3 is 0 Å². The molecule has 0 heterocycles. The van der Waals surface area contributed by atoms with E-state index in [0.717, 1.165) is 38.9 Å². The van der Waals surface area contributed by atoms with Gasteiger partial charge in [-0.05, 0) is 112 Å². The van der Waals surface area contributed by atoms with Gasteiger partial charge in [-0.3, -0.25) is 9.59 Å². The van der Waals surface area contributed by atoms with Crippen molar-refractivity contribution in [3.8, 4) is 22.3 Å². The number of nitrogens with one attached hydrogen (secondary N) is 2. The lowest BCUT2D eigenvalue weighted by Gasteiger charge is -2.20. The minimum absolute atomic E-state index is 0.0825. The Morgan fingerprint density at radius 1 is 0.792 bits per heavy atom. The first kappa shape index (κ1) is 35.0. The molecule has 1 unspecified atom stereocenters. The number of carbonyl (C=O) groups excluding carboxylic acids is 2. The lowest BCUT2D eigenvalue weighted by atomic mass is 9.86. The third kappa shape index (κ3) is 8.95. The average molecular weight is 677 g/mol. The van der Waals surface area contributed by atoms with Crippen LogP contribution in [0.5, 0.6) is 0 Å². The number of aryl methyl sites for hydroxylation is 1. The highest BCUT2D eigenvalue weighted by molar-refractivity contribution is 7.93. The van der Waals surface area contributed by atoms with Gasteiger partial charge in [0.1, 0.15) is 0 Å². The van der Waals surface area contributed by atoms with Gasteiger partial charge in [0, 0.05) is 28.6 Å². The van der Waals surface area contributed by atoms with Gasteiger partial charge in [-0.1, -0.05) is 111 Å². The predicted octanol–water partition coefficient (Wildman–Crippen LogP) is 10.2. The molecule has 3 N–H and O–H groups in total. The third-order valence-corrected chi connectivity index (χ3v) is 9.12. The zero-order chi connectivity index (χ0) is 34.3. The summed E-state index contributed by atoms with van der Waals surface area (Å²) in [5.41, 5.74) is 9.87. The molecule has 1 atom stereocenters. The fourth-order valence-corrected chi connectivity index (χ4v) is 6.11. The summed E-state index contributed by atoms with van der Waals surface area (Å²) in [6.45, 7) is 9.03. The van der Waals surface area contributed by atoms with E-state index in [-0.39, 0.29) is 17.2 Å². The summed E-state index contributed by atoms with van der Waals surface area (Å²) in [4.78, 5) is 26.4. The lowest BCUT2D eigenvalue weighted by molar-refractivity contribution is -0.117. The monoisotopic (exact) mass is 676 g/mol. The van der Waals surface area contributed by atoms with E-state index in [1.165, 1.54) is 5.56 Å². The molecular formula is C41H41ClN2O3S. The first-order valence-electron chi connectivity index (χ1n) is 16.0. The quantitative estimate of drug-likeness (QED) is 0.0961. The maximum absolute atomic E-state index is 14.0. The Hall–Kier alpha value is -4.36. The molecule has 7 heteroatoms. The van der Waals surface area contributed by atoms with E-state index in [1.807, 2.05) is 73.7 Å². The largest absolute Gasteiger partial charge is 0.351 e. The summed E-state index contributed by atoms with van der Waals surface area (Å²) in [7, 11) is 0. The number of hydrogen-bond acceptors (Lipinski definition) is 4. The molecule has 0 aliphatic heterocycles. The standard InChI is InChI=1S/C41H41ClN2O3S/c1-27-25-35(42)19-22-37(27)31-15-20-36(21-16-31)44-40(46)38(26-28-5-7-33(8-6-28)39(45)43-23-24-48-47)32-11-9-29(10-12-32)30-13-17-34(18-14-30)41(2,3)4/h5-22,25,38,47H,23-24,26H2,1-4H3,(H,43,45)(H,44,46). The van der Waals surface area contributed by atoms with Crippen LogP contribution in [0.1, 0.15) is 59.3 Å². The van der Waals surface area contributed by atoms with E-state index >= 15 is 0 Å². The van der Waals surface area contributed by atoms with Crippen molar-refractivity contribution >= 4 is 41.1 Å². The van der Waals surface area contributed by atoms with Gasteiger partial charge in [-0.2, -0.15) is 0 Å². The SMILES string of the molecule is Cc1cc(Cl)ccc1-c1ccc(NC(=O)C(Cc2ccc(C(=O)NCCSO)cc2)c2ccc(-c3ccc(C(C)(C)C)cc3)cc2)cc1. The highest BCUT2D eigenvalue weighted by atomic mass is 35.5. The topological polar surface area (TPSA) is 78.4 Å². The smallest absolute Gasteiger partial charge is 0.251 e. The van der Waals surface area contributed by atoms with Crippen LogP contribution >= 0.6 is 23.6 Å². The van der Waals surface area contributed by atoms with Gasteiger partial charge in [0.15, 0.2) is 0 Å². The summed E-state index contributed by atoms with van der Waals surface area (Å²) >= 11 is 6.85. The van der Waals surface area contributed by atoms with Crippen molar-refractivity contribution in [2.24, 2.45) is 0 Å². The second kappa shape index (κ2) is 15.7. The number of rotatable bonds is 11. The first-order chi connectivity index (χ1) is 23.0. The second-order valence-electron chi connectivity index (χ2n) is 13.0. The van der Waals surface area contributed by atoms with Crippen molar-refractivity contribution in [3.63, 3.8) is 0 Å². The van der Waals surface area contributed by atoms with E-state index < -0.39 is 5.92 Å². The van der Waals surface area contributed by atoms with Gasteiger partial charge in [0.25, 0.3) is 5.91 Å². The maximum Gasteiger partial charge on any atom is 0.251 e. The second-order valence-corrected chi connectivity index (χ2v) is 14.1. The van der Waals surface area contributed by atoms with E-state index in [1.54, 1.807) is 12.1 Å². The Bertz CT molecular complexity index is 1850. The molecule has 0 aliphatic carbocycles. The van der Waals surface area contributed by atoms with Gasteiger partial charge in [-0.15, -0.1) is 0 Å². The van der Waals surface area contributed by atoms with E-state index in [9.17, 15) is 9.59 Å². The van der Waals surface area contributed by atoms with E-state index in [2.05, 4.69) is 67.8 Å². The van der Waals surface area contributed by atoms with Crippen LogP contribution < -0.4 is 10.6 Å². The molecule has 0 aromatic heterocycles. The van der Waals surface area contributed by atoms with Crippen LogP contribution in [0.25, 0.3) is 22.3 Å². The Morgan fingerprint density at radius 2 is 1.40 bits per heavy atom. The van der Waals surface area contributed by atoms with Crippen LogP contribution in [0.2, 0.25) is 5.02 Å². The van der Waals surface area contributed by atoms with Crippen molar-refractivity contribution in [3.05, 3.63) is 148 Å². The number of carbonyl (C=O) groups is 2. The minimum atomic E-state index is -0.471. The maximum atomic E-state index is 14.0. The molecule has 246 valence electrons. The van der Waals surface area contributed by atoms with Crippen LogP contribution in [0, 0.1) is 6.92 Å². The molecule has 0 aliphatic rings. The van der Waals surface area contributed by atoms with Crippen molar-refractivity contribution in [2.45, 2.75) is 45.4 Å². The highest BCUT2D eigenvalue weighted by Gasteiger charge is 2.22. The number of benzene rings is 5. The highest BCUT2D eigenvalue weighted by Crippen LogP contribution is 2.31. The van der Waals surface area contributed by atoms with Crippen LogP contribution in [0.3, 0.4) is 0 Å². The summed E-state index contributed by atoms with van der Waals surface area (Å²) in [6, 6.07) is 37.9. The molecule has 0 radical (unpaired) electrons. The molecule has 0 spiro atoms. The van der Waals surface area contributed by atoms with Crippen molar-refractivity contribution in [1.82, 2.24) is 5.32 Å². The molecule has 48 heavy (non-hydrogen) atoms. The summed E-state index contributed by atoms with van der Waals surface area (Å²) in [5.74, 6) is -0.364. The Kier molecular flexibility index (Phi) is 11.4. The Labute approximate surface area is 293 Å². The molecule has 0 bridgehead atoms. The van der Waals surface area contributed by atoms with Crippen molar-refractivity contribution in [2.75, 3.05) is 17.6 Å². The third-order valence-electron chi connectivity index (χ3n) is 8.50. The predicted molar refractivity (Wildman–Crippen MR) is 201 cm³/mol. The fraction of sp³-hybridized carbons (Fsp3) is 0.220. The molecule has 0 saturated heterocycles. The van der Waals surface area contributed by atoms with Crippen LogP contribution in [0.15, 0.2) is 115 Å². The van der Waals surface area contributed by atoms with Gasteiger partial charge in [-0.25, -0.2) is 0 Å². The molecular weight excluding hydrogens is 636 g/mol. The van der Waals surface area contributed by atoms with Crippen LogP contribution in [-0.4, -0.2) is 28.7 Å². The van der Waals surface area contributed by atoms with Crippen LogP contribution in [0.4, 0.5) is 5.69 Å². The zero-order valence-electron chi connectivity index (χ0n) is 27.7. The summed E-state index contributed by atoms with van der Waals surface area (Å²) in [5, 5.41) is 6.63. The van der Waals surface area contributed by atoms with E-state index in [4.69, 9.17) is 16.2 Å². The lowest BCUT2D eigenvalue weighted by Crippen LogP contribution is -2.25. The number of hydrogen-bond donors (Lipinski definition) is 3. The molecule has 5 rings (SSSR count). The first-order valence-corrected chi connectivity index (χ1v) is 17.4. The number of halogens is 1. The molecule has 2 amide bonds. The summed E-state index contributed by atoms with van der Waals surface area (Å²) in [6.07, 6.45) is 0.455. The van der Waals surface area contributed by atoms with Crippen LogP contribution in [-0.2, 0) is 16.6 Å². The average Bonchev–Trinajstić information content (AvgIpc) is 3.08. The van der Waals surface area contributed by atoms with Crippen molar-refractivity contribution in [1.29, 1.82) is 0 Å². The van der Waals surface area contributed by atoms with E-state index in [0.29, 0.717) is 47.0 Å². The molecule has 0 fully saturated rings. The van der Waals surface area contributed by atoms with Crippen molar-refractivity contribution < 1.29 is 14.1 Å². The normalized spacial score (nSPS) is 12.0. The Morgan fingerprint density at radius 3 is 1.98 bits per heavy atom. The van der Waals surface area contributed by atoms with Gasteiger partial charge < -0.3 is 15.2 Å². The molecule has 5 aromatic carbocycles. The molecule has 0 saturated carbocycles. The Balaban J connectivity index is 1.37. The summed E-state index contributed by atoms with van der Waals surface area (Å²) < 4.78 is 8.92. The fourth-order valence-electron chi connectivity index (χ4n) is 5.69. The van der Waals surface area contributed by atoms with Gasteiger partial charge in [0.05, 0.1) is 5.92 Å². The minimum Gasteiger partial charge on any atom is -0.351 e. The zero-order valence-corrected chi connectivity index (χ0v) is 29.3. The number of amides is 2. The number of anilines is 1. The molecule has 5 nitrogen and oxygen atoms in total.